The molecule has 3 unspecified atom stereocenters. The summed E-state index contributed by atoms with van der Waals surface area (Å²) in [6, 6.07) is 2.09. The predicted octanol–water partition coefficient (Wildman–Crippen LogP) is 5.59. The molecule has 0 aliphatic rings. The van der Waals surface area contributed by atoms with E-state index in [1.165, 1.54) is 19.3 Å². The van der Waals surface area contributed by atoms with Crippen molar-refractivity contribution >= 4 is 0 Å². The van der Waals surface area contributed by atoms with Gasteiger partial charge in [-0.05, 0) is 57.8 Å². The monoisotopic (exact) mass is 269 g/mol. The number of rotatable bonds is 9. The van der Waals surface area contributed by atoms with Crippen LogP contribution in [0, 0.1) is 17.8 Å². The lowest BCUT2D eigenvalue weighted by molar-refractivity contribution is 0.0691. The van der Waals surface area contributed by atoms with Crippen molar-refractivity contribution in [3.63, 3.8) is 0 Å². The van der Waals surface area contributed by atoms with Crippen molar-refractivity contribution in [1.29, 1.82) is 0 Å². The Labute approximate surface area is 123 Å². The third-order valence-electron chi connectivity index (χ3n) is 3.96. The van der Waals surface area contributed by atoms with Gasteiger partial charge in [0.05, 0.1) is 0 Å². The highest BCUT2D eigenvalue weighted by Crippen LogP contribution is 2.24. The van der Waals surface area contributed by atoms with E-state index >= 15 is 0 Å². The Hall–Kier alpha value is -0.0400. The Morgan fingerprint density at radius 2 is 0.684 bits per heavy atom. The van der Waals surface area contributed by atoms with Crippen LogP contribution >= 0.6 is 0 Å². The van der Waals surface area contributed by atoms with E-state index in [2.05, 4.69) is 67.2 Å². The molecule has 0 bridgehead atoms. The van der Waals surface area contributed by atoms with Crippen LogP contribution in [-0.2, 0) is 0 Å². The first-order valence-corrected chi connectivity index (χ1v) is 8.42. The fourth-order valence-corrected chi connectivity index (χ4v) is 3.72. The Balaban J connectivity index is 4.79. The predicted molar refractivity (Wildman–Crippen MR) is 88.6 cm³/mol. The molecule has 0 aliphatic carbocycles. The standard InChI is InChI=1S/C18H39N/c1-13(2)10-16(7)19(17(8)11-14(3)4)18(9)12-15(5)6/h13-18H,10-12H2,1-9H3. The number of hydrogen-bond acceptors (Lipinski definition) is 1. The van der Waals surface area contributed by atoms with Crippen LogP contribution in [0.5, 0.6) is 0 Å². The molecule has 0 rings (SSSR count). The van der Waals surface area contributed by atoms with Crippen LogP contribution in [0.4, 0.5) is 0 Å². The minimum Gasteiger partial charge on any atom is -0.295 e. The topological polar surface area (TPSA) is 3.24 Å². The van der Waals surface area contributed by atoms with Gasteiger partial charge in [-0.15, -0.1) is 0 Å². The largest absolute Gasteiger partial charge is 0.295 e. The van der Waals surface area contributed by atoms with Crippen LogP contribution in [-0.4, -0.2) is 23.0 Å². The summed E-state index contributed by atoms with van der Waals surface area (Å²) in [4.78, 5) is 2.79. The molecule has 0 aromatic rings. The highest BCUT2D eigenvalue weighted by atomic mass is 15.2. The first-order chi connectivity index (χ1) is 8.65. The lowest BCUT2D eigenvalue weighted by Gasteiger charge is -2.41. The molecule has 116 valence electrons. The van der Waals surface area contributed by atoms with Crippen LogP contribution in [0.15, 0.2) is 0 Å². The Bertz CT molecular complexity index is 182. The molecule has 0 aromatic carbocycles. The van der Waals surface area contributed by atoms with Crippen LogP contribution in [0.25, 0.3) is 0 Å². The summed E-state index contributed by atoms with van der Waals surface area (Å²) >= 11 is 0. The first kappa shape index (κ1) is 19.0. The average molecular weight is 270 g/mol. The SMILES string of the molecule is CC(C)CC(C)N(C(C)CC(C)C)C(C)CC(C)C. The Kier molecular flexibility index (Phi) is 8.98. The maximum absolute atomic E-state index is 2.79. The minimum atomic E-state index is 0.697. The zero-order chi connectivity index (χ0) is 15.2. The summed E-state index contributed by atoms with van der Waals surface area (Å²) in [7, 11) is 0. The van der Waals surface area contributed by atoms with E-state index in [1.807, 2.05) is 0 Å². The summed E-state index contributed by atoms with van der Waals surface area (Å²) in [6.45, 7) is 21.3. The van der Waals surface area contributed by atoms with E-state index in [0.717, 1.165) is 17.8 Å². The van der Waals surface area contributed by atoms with E-state index in [0.29, 0.717) is 18.1 Å². The van der Waals surface area contributed by atoms with Gasteiger partial charge >= 0.3 is 0 Å². The molecule has 0 amide bonds. The molecular formula is C18H39N. The molecule has 19 heavy (non-hydrogen) atoms. The van der Waals surface area contributed by atoms with E-state index in [9.17, 15) is 0 Å². The van der Waals surface area contributed by atoms with E-state index in [-0.39, 0.29) is 0 Å². The summed E-state index contributed by atoms with van der Waals surface area (Å²) in [5.74, 6) is 2.36. The molecule has 0 heterocycles. The van der Waals surface area contributed by atoms with Crippen molar-refractivity contribution in [2.75, 3.05) is 0 Å². The fraction of sp³-hybridized carbons (Fsp3) is 1.00. The van der Waals surface area contributed by atoms with Crippen molar-refractivity contribution in [1.82, 2.24) is 4.90 Å². The Morgan fingerprint density at radius 3 is 0.842 bits per heavy atom. The smallest absolute Gasteiger partial charge is 0.00750 e. The zero-order valence-corrected chi connectivity index (χ0v) is 15.0. The summed E-state index contributed by atoms with van der Waals surface area (Å²) in [5.41, 5.74) is 0. The van der Waals surface area contributed by atoms with Crippen molar-refractivity contribution in [3.8, 4) is 0 Å². The highest BCUT2D eigenvalue weighted by molar-refractivity contribution is 4.81. The molecule has 0 saturated heterocycles. The van der Waals surface area contributed by atoms with Crippen molar-refractivity contribution < 1.29 is 0 Å². The normalized spacial score (nSPS) is 17.5. The van der Waals surface area contributed by atoms with Gasteiger partial charge in [0.15, 0.2) is 0 Å². The lowest BCUT2D eigenvalue weighted by Crippen LogP contribution is -2.47. The molecule has 0 aromatic heterocycles. The van der Waals surface area contributed by atoms with Gasteiger partial charge in [0.2, 0.25) is 0 Å². The lowest BCUT2D eigenvalue weighted by atomic mass is 9.94. The minimum absolute atomic E-state index is 0.697. The summed E-state index contributed by atoms with van der Waals surface area (Å²) < 4.78 is 0. The second-order valence-corrected chi connectivity index (χ2v) is 7.88. The van der Waals surface area contributed by atoms with E-state index in [1.54, 1.807) is 0 Å². The van der Waals surface area contributed by atoms with E-state index < -0.39 is 0 Å². The highest BCUT2D eigenvalue weighted by Gasteiger charge is 2.26. The van der Waals surface area contributed by atoms with Crippen molar-refractivity contribution in [3.05, 3.63) is 0 Å². The van der Waals surface area contributed by atoms with Gasteiger partial charge in [-0.1, -0.05) is 41.5 Å². The Morgan fingerprint density at radius 1 is 0.474 bits per heavy atom. The van der Waals surface area contributed by atoms with Crippen molar-refractivity contribution in [2.45, 2.75) is 99.7 Å². The number of nitrogens with zero attached hydrogens (tertiary/aromatic N) is 1. The van der Waals surface area contributed by atoms with Gasteiger partial charge in [0.1, 0.15) is 0 Å². The molecule has 1 heteroatoms. The fourth-order valence-electron chi connectivity index (χ4n) is 3.72. The second-order valence-electron chi connectivity index (χ2n) is 7.88. The summed E-state index contributed by atoms with van der Waals surface area (Å²) in [5, 5.41) is 0. The molecule has 0 fully saturated rings. The second kappa shape index (κ2) is 9.00. The van der Waals surface area contributed by atoms with Gasteiger partial charge in [0.25, 0.3) is 0 Å². The van der Waals surface area contributed by atoms with Crippen LogP contribution in [0.2, 0.25) is 0 Å². The van der Waals surface area contributed by atoms with Crippen molar-refractivity contribution in [2.24, 2.45) is 17.8 Å². The third-order valence-corrected chi connectivity index (χ3v) is 3.96. The van der Waals surface area contributed by atoms with E-state index in [4.69, 9.17) is 0 Å². The van der Waals surface area contributed by atoms with Gasteiger partial charge < -0.3 is 0 Å². The van der Waals surface area contributed by atoms with Crippen LogP contribution < -0.4 is 0 Å². The summed E-state index contributed by atoms with van der Waals surface area (Å²) in [6.07, 6.45) is 3.93. The van der Waals surface area contributed by atoms with Crippen LogP contribution in [0.3, 0.4) is 0 Å². The van der Waals surface area contributed by atoms with Crippen LogP contribution in [0.1, 0.15) is 81.6 Å². The molecule has 0 spiro atoms. The molecule has 0 N–H and O–H groups in total. The third kappa shape index (κ3) is 7.97. The molecular weight excluding hydrogens is 230 g/mol. The number of hydrogen-bond donors (Lipinski definition) is 0. The molecule has 0 aliphatic heterocycles. The van der Waals surface area contributed by atoms with Gasteiger partial charge in [-0.25, -0.2) is 0 Å². The molecule has 0 saturated carbocycles. The molecule has 3 atom stereocenters. The quantitative estimate of drug-likeness (QED) is 0.527. The first-order valence-electron chi connectivity index (χ1n) is 8.42. The average Bonchev–Trinajstić information content (AvgIpc) is 2.12. The zero-order valence-electron chi connectivity index (χ0n) is 15.0. The molecule has 1 nitrogen and oxygen atoms in total. The van der Waals surface area contributed by atoms with Gasteiger partial charge in [-0.2, -0.15) is 0 Å². The molecule has 0 radical (unpaired) electrons. The maximum atomic E-state index is 2.79. The van der Waals surface area contributed by atoms with Gasteiger partial charge in [0, 0.05) is 18.1 Å². The maximum Gasteiger partial charge on any atom is 0.00750 e. The van der Waals surface area contributed by atoms with Gasteiger partial charge in [-0.3, -0.25) is 4.90 Å².